The highest BCUT2D eigenvalue weighted by Crippen LogP contribution is 2.20. The van der Waals surface area contributed by atoms with E-state index in [-0.39, 0.29) is 5.69 Å². The maximum absolute atomic E-state index is 11.9. The van der Waals surface area contributed by atoms with Gasteiger partial charge in [-0.3, -0.25) is 4.57 Å². The van der Waals surface area contributed by atoms with Gasteiger partial charge in [-0.1, -0.05) is 18.2 Å². The van der Waals surface area contributed by atoms with Gasteiger partial charge in [0, 0.05) is 32.0 Å². The van der Waals surface area contributed by atoms with Crippen molar-refractivity contribution < 1.29 is 9.47 Å². The molecule has 7 heteroatoms. The van der Waals surface area contributed by atoms with E-state index in [1.54, 1.807) is 14.2 Å². The van der Waals surface area contributed by atoms with Gasteiger partial charge in [-0.15, -0.1) is 0 Å². The number of nitrogens with one attached hydrogen (secondary N) is 1. The number of benzene rings is 2. The number of hydrogen-bond acceptors (Lipinski definition) is 5. The van der Waals surface area contributed by atoms with E-state index in [1.165, 1.54) is 15.6 Å². The van der Waals surface area contributed by atoms with E-state index >= 15 is 0 Å². The first-order valence-electron chi connectivity index (χ1n) is 8.33. The molecule has 0 aliphatic heterocycles. The minimum absolute atomic E-state index is 0.173. The first kappa shape index (κ1) is 17.8. The Kier molecular flexibility index (Phi) is 5.70. The van der Waals surface area contributed by atoms with E-state index in [0.29, 0.717) is 19.8 Å². The smallest absolute Gasteiger partial charge is 0.350 e. The van der Waals surface area contributed by atoms with Gasteiger partial charge in [0.05, 0.1) is 12.3 Å². The molecule has 1 N–H and O–H groups in total. The number of hydrogen-bond donors (Lipinski definition) is 1. The van der Waals surface area contributed by atoms with Crippen LogP contribution in [0.2, 0.25) is 0 Å². The lowest BCUT2D eigenvalue weighted by molar-refractivity contribution is 0.146. The van der Waals surface area contributed by atoms with Crippen molar-refractivity contribution in [2.75, 3.05) is 25.6 Å². The molecule has 0 saturated carbocycles. The normalized spacial score (nSPS) is 10.7. The van der Waals surface area contributed by atoms with Crippen molar-refractivity contribution in [3.63, 3.8) is 0 Å². The average molecular weight is 354 g/mol. The number of rotatable bonds is 8. The summed E-state index contributed by atoms with van der Waals surface area (Å²) in [5, 5.41) is 7.44. The first-order chi connectivity index (χ1) is 12.7. The third-order valence-corrected chi connectivity index (χ3v) is 3.94. The quantitative estimate of drug-likeness (QED) is 0.628. The van der Waals surface area contributed by atoms with Crippen molar-refractivity contribution in [2.24, 2.45) is 7.05 Å². The summed E-state index contributed by atoms with van der Waals surface area (Å²) in [4.78, 5) is 11.9. The van der Waals surface area contributed by atoms with Crippen LogP contribution in [-0.4, -0.2) is 34.7 Å². The third-order valence-electron chi connectivity index (χ3n) is 3.94. The second kappa shape index (κ2) is 8.35. The van der Waals surface area contributed by atoms with Crippen LogP contribution in [0.15, 0.2) is 59.7 Å². The van der Waals surface area contributed by atoms with Crippen molar-refractivity contribution in [1.82, 2.24) is 14.3 Å². The zero-order valence-corrected chi connectivity index (χ0v) is 14.9. The summed E-state index contributed by atoms with van der Waals surface area (Å²) in [5.74, 6) is 0.841. The molecule has 0 spiro atoms. The topological polar surface area (TPSA) is 70.3 Å². The fourth-order valence-corrected chi connectivity index (χ4v) is 2.50. The predicted molar refractivity (Wildman–Crippen MR) is 99.9 cm³/mol. The minimum Gasteiger partial charge on any atom is -0.491 e. The molecule has 0 atom stereocenters. The minimum atomic E-state index is -0.173. The van der Waals surface area contributed by atoms with Gasteiger partial charge in [-0.05, 0) is 30.3 Å². The summed E-state index contributed by atoms with van der Waals surface area (Å²) in [6.07, 6.45) is 1.50. The number of aryl methyl sites for hydroxylation is 1. The molecule has 0 bridgehead atoms. The van der Waals surface area contributed by atoms with Crippen LogP contribution in [-0.2, 0) is 18.3 Å². The van der Waals surface area contributed by atoms with Crippen LogP contribution in [0.1, 0.15) is 5.56 Å². The molecule has 3 rings (SSSR count). The first-order valence-corrected chi connectivity index (χ1v) is 8.33. The van der Waals surface area contributed by atoms with Gasteiger partial charge >= 0.3 is 5.69 Å². The van der Waals surface area contributed by atoms with Crippen LogP contribution in [0.25, 0.3) is 5.69 Å². The van der Waals surface area contributed by atoms with Crippen molar-refractivity contribution in [3.05, 3.63) is 70.9 Å². The highest BCUT2D eigenvalue weighted by Gasteiger charge is 2.06. The molecule has 0 unspecified atom stereocenters. The van der Waals surface area contributed by atoms with Gasteiger partial charge < -0.3 is 14.8 Å². The van der Waals surface area contributed by atoms with E-state index < -0.39 is 0 Å². The summed E-state index contributed by atoms with van der Waals surface area (Å²) >= 11 is 0. The van der Waals surface area contributed by atoms with E-state index in [1.807, 2.05) is 48.5 Å². The number of para-hydroxylation sites is 1. The molecule has 1 aromatic heterocycles. The van der Waals surface area contributed by atoms with Crippen molar-refractivity contribution in [1.29, 1.82) is 0 Å². The SMILES string of the molecule is COCCOc1ccccc1CNc1ccc(-n2ncn(C)c2=O)cc1. The van der Waals surface area contributed by atoms with Crippen LogP contribution in [0.5, 0.6) is 5.75 Å². The van der Waals surface area contributed by atoms with Gasteiger partial charge in [0.2, 0.25) is 0 Å². The van der Waals surface area contributed by atoms with Gasteiger partial charge in [0.15, 0.2) is 0 Å². The molecule has 26 heavy (non-hydrogen) atoms. The Balaban J connectivity index is 1.65. The molecule has 136 valence electrons. The number of ether oxygens (including phenoxy) is 2. The molecular formula is C19H22N4O3. The molecule has 0 aliphatic rings. The van der Waals surface area contributed by atoms with Gasteiger partial charge in [-0.2, -0.15) is 9.78 Å². The Morgan fingerprint density at radius 3 is 2.54 bits per heavy atom. The molecule has 2 aromatic carbocycles. The number of nitrogens with zero attached hydrogens (tertiary/aromatic N) is 3. The summed E-state index contributed by atoms with van der Waals surface area (Å²) < 4.78 is 13.6. The Bertz CT molecular complexity index is 900. The third kappa shape index (κ3) is 4.12. The molecule has 0 radical (unpaired) electrons. The number of aromatic nitrogens is 3. The fraction of sp³-hybridized carbons (Fsp3) is 0.263. The molecule has 0 aliphatic carbocycles. The maximum atomic E-state index is 11.9. The zero-order chi connectivity index (χ0) is 18.4. The van der Waals surface area contributed by atoms with E-state index in [2.05, 4.69) is 10.4 Å². The van der Waals surface area contributed by atoms with Crippen molar-refractivity contribution >= 4 is 5.69 Å². The maximum Gasteiger partial charge on any atom is 0.350 e. The monoisotopic (exact) mass is 354 g/mol. The number of anilines is 1. The Hall–Kier alpha value is -3.06. The Morgan fingerprint density at radius 2 is 1.85 bits per heavy atom. The fourth-order valence-electron chi connectivity index (χ4n) is 2.50. The van der Waals surface area contributed by atoms with E-state index in [9.17, 15) is 4.79 Å². The van der Waals surface area contributed by atoms with E-state index in [4.69, 9.17) is 9.47 Å². The molecular weight excluding hydrogens is 332 g/mol. The lowest BCUT2D eigenvalue weighted by Crippen LogP contribution is -2.21. The lowest BCUT2D eigenvalue weighted by atomic mass is 10.2. The predicted octanol–water partition coefficient (Wildman–Crippen LogP) is 2.21. The highest BCUT2D eigenvalue weighted by atomic mass is 16.5. The molecule has 0 fully saturated rings. The summed E-state index contributed by atoms with van der Waals surface area (Å²) in [6.45, 7) is 1.70. The van der Waals surface area contributed by atoms with Crippen LogP contribution in [0, 0.1) is 0 Å². The average Bonchev–Trinajstić information content (AvgIpc) is 3.00. The summed E-state index contributed by atoms with van der Waals surface area (Å²) in [5.41, 5.74) is 2.57. The summed E-state index contributed by atoms with van der Waals surface area (Å²) in [7, 11) is 3.33. The summed E-state index contributed by atoms with van der Waals surface area (Å²) in [6, 6.07) is 15.5. The van der Waals surface area contributed by atoms with Crippen LogP contribution in [0.4, 0.5) is 5.69 Å². The molecule has 0 saturated heterocycles. The molecule has 1 heterocycles. The molecule has 7 nitrogen and oxygen atoms in total. The van der Waals surface area contributed by atoms with Crippen molar-refractivity contribution in [2.45, 2.75) is 6.54 Å². The largest absolute Gasteiger partial charge is 0.491 e. The second-order valence-corrected chi connectivity index (χ2v) is 5.79. The van der Waals surface area contributed by atoms with Gasteiger partial charge in [0.25, 0.3) is 0 Å². The van der Waals surface area contributed by atoms with Crippen LogP contribution in [0.3, 0.4) is 0 Å². The zero-order valence-electron chi connectivity index (χ0n) is 14.9. The van der Waals surface area contributed by atoms with E-state index in [0.717, 1.165) is 22.7 Å². The molecule has 0 amide bonds. The van der Waals surface area contributed by atoms with Crippen LogP contribution >= 0.6 is 0 Å². The second-order valence-electron chi connectivity index (χ2n) is 5.79. The van der Waals surface area contributed by atoms with Gasteiger partial charge in [0.1, 0.15) is 18.7 Å². The highest BCUT2D eigenvalue weighted by molar-refractivity contribution is 5.49. The van der Waals surface area contributed by atoms with Crippen molar-refractivity contribution in [3.8, 4) is 11.4 Å². The standard InChI is InChI=1S/C19H22N4O3/c1-22-14-21-23(19(22)24)17-9-7-16(8-10-17)20-13-15-5-3-4-6-18(15)26-12-11-25-2/h3-10,14,20H,11-13H2,1-2H3. The lowest BCUT2D eigenvalue weighted by Gasteiger charge is -2.13. The molecule has 3 aromatic rings. The Labute approximate surface area is 151 Å². The Morgan fingerprint density at radius 1 is 1.08 bits per heavy atom. The number of methoxy groups -OCH3 is 1. The van der Waals surface area contributed by atoms with Crippen LogP contribution < -0.4 is 15.7 Å². The van der Waals surface area contributed by atoms with Gasteiger partial charge in [-0.25, -0.2) is 4.79 Å².